The van der Waals surface area contributed by atoms with Crippen LogP contribution in [0, 0.1) is 0 Å². The molecule has 0 saturated heterocycles. The van der Waals surface area contributed by atoms with Crippen LogP contribution in [0.1, 0.15) is 5.56 Å². The summed E-state index contributed by atoms with van der Waals surface area (Å²) in [6.45, 7) is 0.514. The zero-order valence-corrected chi connectivity index (χ0v) is 10.9. The van der Waals surface area contributed by atoms with Gasteiger partial charge in [-0.05, 0) is 23.1 Å². The molecule has 1 N–H and O–H groups in total. The van der Waals surface area contributed by atoms with Gasteiger partial charge in [-0.25, -0.2) is 4.79 Å². The van der Waals surface area contributed by atoms with Crippen molar-refractivity contribution in [2.45, 2.75) is 6.42 Å². The van der Waals surface area contributed by atoms with E-state index in [1.807, 2.05) is 18.2 Å². The topological polar surface area (TPSA) is 40.5 Å². The number of benzene rings is 2. The number of likely N-dealkylation sites (N-methyl/N-ethyl adjacent to an activating group) is 1. The molecule has 0 heterocycles. The summed E-state index contributed by atoms with van der Waals surface area (Å²) in [7, 11) is 1.58. The molecule has 0 unspecified atom stereocenters. The van der Waals surface area contributed by atoms with Gasteiger partial charge in [-0.2, -0.15) is 0 Å². The molecule has 98 valence electrons. The van der Waals surface area contributed by atoms with Gasteiger partial charge in [-0.1, -0.05) is 54.6 Å². The molecule has 0 aliphatic rings. The highest BCUT2D eigenvalue weighted by Crippen LogP contribution is 2.19. The molecule has 1 amide bonds. The molecule has 2 aromatic carbocycles. The van der Waals surface area contributed by atoms with Gasteiger partial charge in [0.1, 0.15) is 0 Å². The molecule has 0 atom stereocenters. The summed E-state index contributed by atoms with van der Waals surface area (Å²) in [5.74, 6) is 0. The summed E-state index contributed by atoms with van der Waals surface area (Å²) in [6, 6.07) is 18.4. The first-order valence-corrected chi connectivity index (χ1v) is 6.25. The van der Waals surface area contributed by atoms with Crippen molar-refractivity contribution in [1.29, 1.82) is 0 Å². The lowest BCUT2D eigenvalue weighted by Crippen LogP contribution is -2.26. The van der Waals surface area contributed by atoms with Crippen molar-refractivity contribution >= 4 is 6.09 Å². The third-order valence-electron chi connectivity index (χ3n) is 3.12. The average molecular weight is 255 g/mol. The van der Waals surface area contributed by atoms with Crippen molar-refractivity contribution in [3.8, 4) is 11.1 Å². The first kappa shape index (κ1) is 13.1. The SMILES string of the molecule is CN(CCc1ccc(-c2ccccc2)cc1)C(=O)O. The summed E-state index contributed by atoms with van der Waals surface area (Å²) in [4.78, 5) is 12.0. The third kappa shape index (κ3) is 3.58. The van der Waals surface area contributed by atoms with Crippen LogP contribution in [0.2, 0.25) is 0 Å². The normalized spacial score (nSPS) is 10.2. The number of nitrogens with zero attached hydrogens (tertiary/aromatic N) is 1. The van der Waals surface area contributed by atoms with Gasteiger partial charge in [0.2, 0.25) is 0 Å². The Hall–Kier alpha value is -2.29. The molecule has 0 fully saturated rings. The Kier molecular flexibility index (Phi) is 4.18. The minimum atomic E-state index is -0.888. The Bertz CT molecular complexity index is 534. The van der Waals surface area contributed by atoms with Crippen LogP contribution >= 0.6 is 0 Å². The zero-order valence-electron chi connectivity index (χ0n) is 10.9. The number of hydrogen-bond acceptors (Lipinski definition) is 1. The summed E-state index contributed by atoms with van der Waals surface area (Å²) >= 11 is 0. The quantitative estimate of drug-likeness (QED) is 0.908. The summed E-state index contributed by atoms with van der Waals surface area (Å²) in [6.07, 6.45) is -0.154. The van der Waals surface area contributed by atoms with Crippen molar-refractivity contribution < 1.29 is 9.90 Å². The molecule has 0 radical (unpaired) electrons. The molecule has 0 aromatic heterocycles. The Morgan fingerprint density at radius 2 is 1.58 bits per heavy atom. The molecular formula is C16H17NO2. The highest BCUT2D eigenvalue weighted by atomic mass is 16.4. The van der Waals surface area contributed by atoms with Crippen molar-refractivity contribution in [3.63, 3.8) is 0 Å². The Balaban J connectivity index is 2.01. The van der Waals surface area contributed by atoms with Crippen molar-refractivity contribution in [2.75, 3.05) is 13.6 Å². The van der Waals surface area contributed by atoms with Gasteiger partial charge in [0.25, 0.3) is 0 Å². The highest BCUT2D eigenvalue weighted by molar-refractivity contribution is 5.65. The fourth-order valence-electron chi connectivity index (χ4n) is 1.89. The first-order valence-electron chi connectivity index (χ1n) is 6.25. The van der Waals surface area contributed by atoms with Crippen LogP contribution in [0.4, 0.5) is 4.79 Å². The Morgan fingerprint density at radius 1 is 1.00 bits per heavy atom. The van der Waals surface area contributed by atoms with E-state index in [1.54, 1.807) is 7.05 Å². The fraction of sp³-hybridized carbons (Fsp3) is 0.188. The third-order valence-corrected chi connectivity index (χ3v) is 3.12. The van der Waals surface area contributed by atoms with Crippen LogP contribution in [-0.4, -0.2) is 29.7 Å². The molecule has 0 aliphatic carbocycles. The van der Waals surface area contributed by atoms with E-state index in [-0.39, 0.29) is 0 Å². The maximum atomic E-state index is 10.7. The lowest BCUT2D eigenvalue weighted by molar-refractivity contribution is 0.156. The molecule has 0 spiro atoms. The zero-order chi connectivity index (χ0) is 13.7. The second kappa shape index (κ2) is 6.05. The van der Waals surface area contributed by atoms with Gasteiger partial charge in [0, 0.05) is 13.6 Å². The lowest BCUT2D eigenvalue weighted by Gasteiger charge is -2.12. The van der Waals surface area contributed by atoms with Crippen LogP contribution in [-0.2, 0) is 6.42 Å². The molecule has 0 bridgehead atoms. The first-order chi connectivity index (χ1) is 9.16. The monoisotopic (exact) mass is 255 g/mol. The predicted molar refractivity (Wildman–Crippen MR) is 76.2 cm³/mol. The molecule has 3 heteroatoms. The molecule has 2 aromatic rings. The van der Waals surface area contributed by atoms with E-state index in [2.05, 4.69) is 36.4 Å². The van der Waals surface area contributed by atoms with E-state index in [4.69, 9.17) is 5.11 Å². The van der Waals surface area contributed by atoms with Gasteiger partial charge < -0.3 is 10.0 Å². The fourth-order valence-corrected chi connectivity index (χ4v) is 1.89. The molecule has 19 heavy (non-hydrogen) atoms. The van der Waals surface area contributed by atoms with Gasteiger partial charge in [0.15, 0.2) is 0 Å². The maximum Gasteiger partial charge on any atom is 0.407 e. The van der Waals surface area contributed by atoms with E-state index in [0.717, 1.165) is 12.0 Å². The largest absolute Gasteiger partial charge is 0.465 e. The van der Waals surface area contributed by atoms with Gasteiger partial charge in [-0.15, -0.1) is 0 Å². The van der Waals surface area contributed by atoms with Crippen LogP contribution in [0.25, 0.3) is 11.1 Å². The summed E-state index contributed by atoms with van der Waals surface area (Å²) in [5, 5.41) is 8.78. The van der Waals surface area contributed by atoms with Crippen LogP contribution in [0.5, 0.6) is 0 Å². The van der Waals surface area contributed by atoms with Crippen LogP contribution in [0.3, 0.4) is 0 Å². The van der Waals surface area contributed by atoms with E-state index in [9.17, 15) is 4.79 Å². The maximum absolute atomic E-state index is 10.7. The van der Waals surface area contributed by atoms with E-state index in [1.165, 1.54) is 16.0 Å². The second-order valence-electron chi connectivity index (χ2n) is 4.52. The Labute approximate surface area is 113 Å². The molecule has 0 saturated carbocycles. The molecule has 2 rings (SSSR count). The highest BCUT2D eigenvalue weighted by Gasteiger charge is 2.05. The summed E-state index contributed by atoms with van der Waals surface area (Å²) in [5.41, 5.74) is 3.51. The lowest BCUT2D eigenvalue weighted by atomic mass is 10.0. The van der Waals surface area contributed by atoms with Crippen LogP contribution < -0.4 is 0 Å². The van der Waals surface area contributed by atoms with E-state index in [0.29, 0.717) is 6.54 Å². The average Bonchev–Trinajstić information content (AvgIpc) is 2.46. The predicted octanol–water partition coefficient (Wildman–Crippen LogP) is 3.51. The van der Waals surface area contributed by atoms with Crippen LogP contribution in [0.15, 0.2) is 54.6 Å². The standard InChI is InChI=1S/C16H17NO2/c1-17(16(18)19)12-11-13-7-9-15(10-8-13)14-5-3-2-4-6-14/h2-10H,11-12H2,1H3,(H,18,19). The van der Waals surface area contributed by atoms with E-state index < -0.39 is 6.09 Å². The molecule has 3 nitrogen and oxygen atoms in total. The second-order valence-corrected chi connectivity index (χ2v) is 4.52. The smallest absolute Gasteiger partial charge is 0.407 e. The Morgan fingerprint density at radius 3 is 2.16 bits per heavy atom. The van der Waals surface area contributed by atoms with Crippen molar-refractivity contribution in [2.24, 2.45) is 0 Å². The van der Waals surface area contributed by atoms with E-state index >= 15 is 0 Å². The number of amides is 1. The number of hydrogen-bond donors (Lipinski definition) is 1. The van der Waals surface area contributed by atoms with Gasteiger partial charge in [0.05, 0.1) is 0 Å². The minimum Gasteiger partial charge on any atom is -0.465 e. The van der Waals surface area contributed by atoms with Crippen molar-refractivity contribution in [1.82, 2.24) is 4.90 Å². The summed E-state index contributed by atoms with van der Waals surface area (Å²) < 4.78 is 0. The molecule has 0 aliphatic heterocycles. The van der Waals surface area contributed by atoms with Gasteiger partial charge >= 0.3 is 6.09 Å². The number of rotatable bonds is 4. The molecular weight excluding hydrogens is 238 g/mol. The van der Waals surface area contributed by atoms with Crippen molar-refractivity contribution in [3.05, 3.63) is 60.2 Å². The minimum absolute atomic E-state index is 0.514. The number of carbonyl (C=O) groups is 1. The number of carboxylic acid groups (broad SMARTS) is 1. The van der Waals surface area contributed by atoms with Gasteiger partial charge in [-0.3, -0.25) is 0 Å².